The van der Waals surface area contributed by atoms with Crippen LogP contribution in [-0.4, -0.2) is 23.5 Å². The minimum atomic E-state index is -2.21. The molecule has 27 heavy (non-hydrogen) atoms. The van der Waals surface area contributed by atoms with E-state index in [1.807, 2.05) is 13.0 Å². The average Bonchev–Trinajstić information content (AvgIpc) is 2.72. The topological polar surface area (TPSA) is 20.2 Å². The van der Waals surface area contributed by atoms with Gasteiger partial charge in [-0.2, -0.15) is 0 Å². The summed E-state index contributed by atoms with van der Waals surface area (Å²) in [5.74, 6) is 0.0763. The Labute approximate surface area is 172 Å². The van der Waals surface area contributed by atoms with Crippen molar-refractivity contribution in [2.75, 3.05) is 0 Å². The quantitative estimate of drug-likeness (QED) is 0.213. The predicted molar refractivity (Wildman–Crippen MR) is 125 cm³/mol. The van der Waals surface area contributed by atoms with Crippen LogP contribution >= 0.6 is 0 Å². The zero-order valence-corrected chi connectivity index (χ0v) is 21.1. The molecule has 0 saturated carbocycles. The maximum atomic E-state index is 10.4. The van der Waals surface area contributed by atoms with Gasteiger partial charge < -0.3 is 0 Å². The van der Waals surface area contributed by atoms with Crippen molar-refractivity contribution in [1.29, 1.82) is 0 Å². The first kappa shape index (κ1) is 24.5. The zero-order valence-electron chi connectivity index (χ0n) is 18.2. The Hall–Kier alpha value is -0.541. The minimum absolute atomic E-state index is 0.0763. The van der Waals surface area contributed by atoms with E-state index in [2.05, 4.69) is 61.8 Å². The van der Waals surface area contributed by atoms with E-state index in [1.54, 1.807) is 0 Å². The molecule has 0 aliphatic carbocycles. The van der Waals surface area contributed by atoms with Crippen LogP contribution in [-0.2, 0) is 0 Å². The predicted octanol–water partition coefficient (Wildman–Crippen LogP) is 7.94. The molecule has 0 aromatic heterocycles. The van der Waals surface area contributed by atoms with E-state index in [1.165, 1.54) is 57.4 Å². The molecule has 2 heteroatoms. The summed E-state index contributed by atoms with van der Waals surface area (Å²) in [4.78, 5) is 0. The van der Waals surface area contributed by atoms with Crippen molar-refractivity contribution in [2.24, 2.45) is 5.92 Å². The van der Waals surface area contributed by atoms with Crippen molar-refractivity contribution < 1.29 is 5.11 Å². The molecule has 0 aliphatic heterocycles. The van der Waals surface area contributed by atoms with Gasteiger partial charge in [0.15, 0.2) is 0 Å². The van der Waals surface area contributed by atoms with Crippen LogP contribution in [0.25, 0.3) is 6.08 Å². The second-order valence-corrected chi connectivity index (χ2v) is 21.2. The molecule has 0 bridgehead atoms. The van der Waals surface area contributed by atoms with Gasteiger partial charge in [0.2, 0.25) is 0 Å². The molecular weight excluding hydrogens is 435 g/mol. The van der Waals surface area contributed by atoms with E-state index in [0.717, 1.165) is 5.56 Å². The number of aliphatic hydroxyl groups excluding tert-OH is 1. The summed E-state index contributed by atoms with van der Waals surface area (Å²) in [7, 11) is 0. The summed E-state index contributed by atoms with van der Waals surface area (Å²) in [6.45, 7) is 12.8. The van der Waals surface area contributed by atoms with Crippen LogP contribution in [0.15, 0.2) is 41.0 Å². The number of rotatable bonds is 14. The summed E-state index contributed by atoms with van der Waals surface area (Å²) in [5.41, 5.74) is 2.26. The Morgan fingerprint density at radius 1 is 0.926 bits per heavy atom. The van der Waals surface area contributed by atoms with E-state index < -0.39 is 24.5 Å². The Morgan fingerprint density at radius 3 is 1.81 bits per heavy atom. The van der Waals surface area contributed by atoms with E-state index in [-0.39, 0.29) is 5.92 Å². The van der Waals surface area contributed by atoms with Crippen molar-refractivity contribution in [3.63, 3.8) is 0 Å². The average molecular weight is 477 g/mol. The number of benzene rings is 1. The van der Waals surface area contributed by atoms with Crippen LogP contribution in [0.5, 0.6) is 0 Å². The van der Waals surface area contributed by atoms with Gasteiger partial charge in [-0.3, -0.25) is 0 Å². The number of hydrogen-bond acceptors (Lipinski definition) is 1. The van der Waals surface area contributed by atoms with Crippen LogP contribution in [0.2, 0.25) is 13.3 Å². The van der Waals surface area contributed by atoms with E-state index in [4.69, 9.17) is 0 Å². The first-order valence-corrected chi connectivity index (χ1v) is 18.8. The Balaban J connectivity index is 2.96. The van der Waals surface area contributed by atoms with Gasteiger partial charge >= 0.3 is 173 Å². The molecule has 1 aromatic rings. The molecule has 0 heterocycles. The van der Waals surface area contributed by atoms with Crippen LogP contribution < -0.4 is 0 Å². The van der Waals surface area contributed by atoms with E-state index in [9.17, 15) is 5.11 Å². The number of aliphatic hydroxyl groups is 1. The first-order valence-electron chi connectivity index (χ1n) is 11.1. The summed E-state index contributed by atoms with van der Waals surface area (Å²) in [5, 5.41) is 10.4. The van der Waals surface area contributed by atoms with Crippen LogP contribution in [0, 0.1) is 5.92 Å². The van der Waals surface area contributed by atoms with Gasteiger partial charge in [-0.05, 0) is 0 Å². The fraction of sp³-hybridized carbons (Fsp3) is 0.600. The van der Waals surface area contributed by atoms with Gasteiger partial charge in [-0.15, -0.1) is 0 Å². The van der Waals surface area contributed by atoms with Gasteiger partial charge in [-0.1, -0.05) is 0 Å². The standard InChI is InChI=1S/C13H15O.3C4H9.Sn/c1-4-10(3)13(14)12-8-6-11(5-2)7-9-12;3*1-3-4-2;/h2,4-10,13-14H,1H2,3H3;3*1,3-4H2,2H3;/t10-,13-;;;;/m0..../s1. The number of unbranched alkanes of at least 4 members (excludes halogenated alkanes) is 3. The molecule has 0 aliphatic rings. The van der Waals surface area contributed by atoms with Crippen molar-refractivity contribution in [3.8, 4) is 0 Å². The second-order valence-electron chi connectivity index (χ2n) is 8.21. The summed E-state index contributed by atoms with van der Waals surface area (Å²) >= 11 is -2.21. The maximum absolute atomic E-state index is 10.4. The Morgan fingerprint density at radius 2 is 1.41 bits per heavy atom. The molecule has 1 rings (SSSR count). The fourth-order valence-corrected chi connectivity index (χ4v) is 17.9. The van der Waals surface area contributed by atoms with Gasteiger partial charge in [0.1, 0.15) is 0 Å². The van der Waals surface area contributed by atoms with Gasteiger partial charge in [0.25, 0.3) is 0 Å². The molecule has 0 spiro atoms. The molecule has 1 aromatic carbocycles. The van der Waals surface area contributed by atoms with Gasteiger partial charge in [-0.25, -0.2) is 0 Å². The molecule has 2 atom stereocenters. The third-order valence-corrected chi connectivity index (χ3v) is 19.9. The fourth-order valence-electron chi connectivity index (χ4n) is 3.72. The SMILES string of the molecule is C=C[C@H](C)[C@H](O)c1ccc(/C=[CH]\[Sn]([CH2]CCC)([CH2]CCC)[CH2]CCC)cc1. The molecular formula is C25H42OSn. The first-order chi connectivity index (χ1) is 13.0. The molecule has 152 valence electrons. The molecule has 1 nitrogen and oxygen atoms in total. The Bertz CT molecular complexity index is 524. The molecule has 0 unspecified atom stereocenters. The Kier molecular flexibility index (Phi) is 12.3. The van der Waals surface area contributed by atoms with E-state index >= 15 is 0 Å². The van der Waals surface area contributed by atoms with Crippen molar-refractivity contribution in [1.82, 2.24) is 0 Å². The molecule has 0 saturated heterocycles. The monoisotopic (exact) mass is 478 g/mol. The van der Waals surface area contributed by atoms with Crippen molar-refractivity contribution in [2.45, 2.75) is 85.6 Å². The molecule has 0 fully saturated rings. The van der Waals surface area contributed by atoms with Crippen molar-refractivity contribution >= 4 is 24.5 Å². The molecule has 1 N–H and O–H groups in total. The van der Waals surface area contributed by atoms with Crippen LogP contribution in [0.3, 0.4) is 0 Å². The molecule has 0 amide bonds. The number of hydrogen-bond donors (Lipinski definition) is 1. The van der Waals surface area contributed by atoms with Gasteiger partial charge in [0, 0.05) is 0 Å². The van der Waals surface area contributed by atoms with Crippen molar-refractivity contribution in [3.05, 3.63) is 52.1 Å². The zero-order chi connectivity index (χ0) is 20.1. The van der Waals surface area contributed by atoms with Gasteiger partial charge in [0.05, 0.1) is 0 Å². The summed E-state index contributed by atoms with van der Waals surface area (Å²) in [6.07, 6.45) is 11.9. The van der Waals surface area contributed by atoms with E-state index in [0.29, 0.717) is 0 Å². The summed E-state index contributed by atoms with van der Waals surface area (Å²) < 4.78 is 7.24. The summed E-state index contributed by atoms with van der Waals surface area (Å²) in [6, 6.07) is 8.49. The third kappa shape index (κ3) is 8.56. The van der Waals surface area contributed by atoms with Crippen LogP contribution in [0.1, 0.15) is 83.5 Å². The van der Waals surface area contributed by atoms with Crippen LogP contribution in [0.4, 0.5) is 0 Å². The molecule has 0 radical (unpaired) electrons. The third-order valence-electron chi connectivity index (χ3n) is 5.86. The normalized spacial score (nSPS) is 14.4. The second kappa shape index (κ2) is 13.6.